The van der Waals surface area contributed by atoms with E-state index in [2.05, 4.69) is 32.1 Å². The highest BCUT2D eigenvalue weighted by Crippen LogP contribution is 2.53. The van der Waals surface area contributed by atoms with Crippen LogP contribution in [0.5, 0.6) is 28.7 Å². The maximum Gasteiger partial charge on any atom is 0.231 e. The molecule has 0 saturated carbocycles. The number of allylic oxidation sites excluding steroid dienone is 1. The number of fused-ring (bicyclic) bond motifs is 2. The van der Waals surface area contributed by atoms with E-state index < -0.39 is 0 Å². The molecule has 1 aliphatic carbocycles. The van der Waals surface area contributed by atoms with Gasteiger partial charge in [-0.25, -0.2) is 0 Å². The van der Waals surface area contributed by atoms with E-state index in [0.29, 0.717) is 23.2 Å². The summed E-state index contributed by atoms with van der Waals surface area (Å²) in [6.45, 7) is 4.67. The van der Waals surface area contributed by atoms with Crippen LogP contribution in [0.25, 0.3) is 6.08 Å². The Kier molecular flexibility index (Phi) is 4.38. The monoisotopic (exact) mass is 368 g/mol. The summed E-state index contributed by atoms with van der Waals surface area (Å²) in [5.74, 6) is 3.96. The molecule has 0 aromatic heterocycles. The van der Waals surface area contributed by atoms with E-state index in [4.69, 9.17) is 23.7 Å². The summed E-state index contributed by atoms with van der Waals surface area (Å²) in [5.41, 5.74) is 4.65. The van der Waals surface area contributed by atoms with Crippen LogP contribution in [0.15, 0.2) is 29.8 Å². The molecule has 142 valence electrons. The first-order valence-corrected chi connectivity index (χ1v) is 8.99. The molecule has 5 heteroatoms. The van der Waals surface area contributed by atoms with Gasteiger partial charge in [0.1, 0.15) is 0 Å². The zero-order chi connectivity index (χ0) is 19.1. The summed E-state index contributed by atoms with van der Waals surface area (Å²) in [6.07, 6.45) is 2.20. The second kappa shape index (κ2) is 6.72. The fourth-order valence-electron chi connectivity index (χ4n) is 4.09. The molecule has 2 aliphatic rings. The Labute approximate surface area is 159 Å². The van der Waals surface area contributed by atoms with E-state index in [1.807, 2.05) is 12.1 Å². The summed E-state index contributed by atoms with van der Waals surface area (Å²) in [6, 6.07) is 8.17. The van der Waals surface area contributed by atoms with E-state index in [1.54, 1.807) is 21.3 Å². The molecule has 5 nitrogen and oxygen atoms in total. The average Bonchev–Trinajstić information content (AvgIpc) is 3.15. The molecule has 0 bridgehead atoms. The largest absolute Gasteiger partial charge is 0.493 e. The van der Waals surface area contributed by atoms with Crippen LogP contribution in [-0.2, 0) is 0 Å². The van der Waals surface area contributed by atoms with Crippen LogP contribution in [0, 0.1) is 5.92 Å². The molecule has 0 N–H and O–H groups in total. The Morgan fingerprint density at radius 2 is 1.67 bits per heavy atom. The van der Waals surface area contributed by atoms with Gasteiger partial charge in [-0.3, -0.25) is 0 Å². The Morgan fingerprint density at radius 1 is 0.926 bits per heavy atom. The predicted molar refractivity (Wildman–Crippen MR) is 103 cm³/mol. The molecule has 0 unspecified atom stereocenters. The van der Waals surface area contributed by atoms with Gasteiger partial charge in [-0.2, -0.15) is 0 Å². The van der Waals surface area contributed by atoms with Crippen LogP contribution < -0.4 is 23.7 Å². The highest BCUT2D eigenvalue weighted by molar-refractivity contribution is 5.73. The molecule has 2 aromatic rings. The lowest BCUT2D eigenvalue weighted by Crippen LogP contribution is -2.19. The van der Waals surface area contributed by atoms with Gasteiger partial charge in [-0.05, 0) is 42.2 Å². The molecule has 1 heterocycles. The van der Waals surface area contributed by atoms with Gasteiger partial charge >= 0.3 is 0 Å². The smallest absolute Gasteiger partial charge is 0.231 e. The standard InChI is InChI=1S/C22H24O5/c1-12-8-15-10-18(23-3)21(24-4)22(25-5)20(15)19(13(12)2)14-6-7-16-17(9-14)27-11-26-16/h6-10,13,19H,11H2,1-5H3/t13-,19-/m0/s1. The van der Waals surface area contributed by atoms with Crippen LogP contribution in [0.2, 0.25) is 0 Å². The van der Waals surface area contributed by atoms with Gasteiger partial charge < -0.3 is 23.7 Å². The Bertz CT molecular complexity index is 915. The summed E-state index contributed by atoms with van der Waals surface area (Å²) in [7, 11) is 4.95. The highest BCUT2D eigenvalue weighted by atomic mass is 16.7. The number of hydrogen-bond acceptors (Lipinski definition) is 5. The third-order valence-corrected chi connectivity index (χ3v) is 5.57. The van der Waals surface area contributed by atoms with E-state index in [0.717, 1.165) is 28.2 Å². The van der Waals surface area contributed by atoms with E-state index >= 15 is 0 Å². The minimum atomic E-state index is 0.106. The zero-order valence-corrected chi connectivity index (χ0v) is 16.3. The van der Waals surface area contributed by atoms with Crippen molar-refractivity contribution >= 4 is 6.08 Å². The van der Waals surface area contributed by atoms with Crippen molar-refractivity contribution in [2.24, 2.45) is 5.92 Å². The van der Waals surface area contributed by atoms with Gasteiger partial charge in [0, 0.05) is 11.5 Å². The van der Waals surface area contributed by atoms with Crippen LogP contribution >= 0.6 is 0 Å². The normalized spacial score (nSPS) is 20.0. The maximum atomic E-state index is 5.81. The van der Waals surface area contributed by atoms with E-state index in [9.17, 15) is 0 Å². The van der Waals surface area contributed by atoms with Gasteiger partial charge in [-0.15, -0.1) is 0 Å². The molecular formula is C22H24O5. The molecule has 2 aromatic carbocycles. The molecule has 0 radical (unpaired) electrons. The summed E-state index contributed by atoms with van der Waals surface area (Å²) < 4.78 is 28.1. The fourth-order valence-corrected chi connectivity index (χ4v) is 4.09. The third-order valence-electron chi connectivity index (χ3n) is 5.57. The Balaban J connectivity index is 1.96. The van der Waals surface area contributed by atoms with Crippen molar-refractivity contribution in [3.8, 4) is 28.7 Å². The van der Waals surface area contributed by atoms with Gasteiger partial charge in [0.2, 0.25) is 12.5 Å². The maximum absolute atomic E-state index is 5.81. The van der Waals surface area contributed by atoms with Gasteiger partial charge in [0.25, 0.3) is 0 Å². The molecule has 0 amide bonds. The first kappa shape index (κ1) is 17.6. The quantitative estimate of drug-likeness (QED) is 0.788. The lowest BCUT2D eigenvalue weighted by atomic mass is 9.72. The fraction of sp³-hybridized carbons (Fsp3) is 0.364. The number of benzene rings is 2. The molecule has 4 rings (SSSR count). The summed E-state index contributed by atoms with van der Waals surface area (Å²) in [4.78, 5) is 0. The van der Waals surface area contributed by atoms with E-state index in [1.165, 1.54) is 5.57 Å². The minimum Gasteiger partial charge on any atom is -0.493 e. The SMILES string of the molecule is COc1cc2c(c(OC)c1OC)[C@H](c1ccc3c(c1)OCO3)[C@@H](C)C(C)=C2. The number of hydrogen-bond donors (Lipinski definition) is 0. The topological polar surface area (TPSA) is 46.2 Å². The van der Waals surface area contributed by atoms with Crippen molar-refractivity contribution in [1.29, 1.82) is 0 Å². The number of methoxy groups -OCH3 is 3. The van der Waals surface area contributed by atoms with Crippen molar-refractivity contribution in [2.45, 2.75) is 19.8 Å². The van der Waals surface area contributed by atoms with Gasteiger partial charge in [0.05, 0.1) is 21.3 Å². The predicted octanol–water partition coefficient (Wildman–Crippen LogP) is 4.63. The molecular weight excluding hydrogens is 344 g/mol. The van der Waals surface area contributed by atoms with Crippen molar-refractivity contribution < 1.29 is 23.7 Å². The lowest BCUT2D eigenvalue weighted by molar-refractivity contribution is 0.174. The molecule has 2 atom stereocenters. The van der Waals surface area contributed by atoms with E-state index in [-0.39, 0.29) is 12.7 Å². The molecule has 0 spiro atoms. The lowest BCUT2D eigenvalue weighted by Gasteiger charge is -2.33. The second-order valence-corrected chi connectivity index (χ2v) is 6.92. The molecule has 27 heavy (non-hydrogen) atoms. The summed E-state index contributed by atoms with van der Waals surface area (Å²) in [5, 5.41) is 0. The average molecular weight is 368 g/mol. The summed E-state index contributed by atoms with van der Waals surface area (Å²) >= 11 is 0. The number of ether oxygens (including phenoxy) is 5. The molecule has 1 aliphatic heterocycles. The van der Waals surface area contributed by atoms with Crippen LogP contribution in [0.3, 0.4) is 0 Å². The first-order valence-electron chi connectivity index (χ1n) is 8.99. The Morgan fingerprint density at radius 3 is 2.37 bits per heavy atom. The van der Waals surface area contributed by atoms with Crippen LogP contribution in [-0.4, -0.2) is 28.1 Å². The highest BCUT2D eigenvalue weighted by Gasteiger charge is 2.34. The van der Waals surface area contributed by atoms with Gasteiger partial charge in [0.15, 0.2) is 23.0 Å². The third kappa shape index (κ3) is 2.69. The molecule has 0 fully saturated rings. The van der Waals surface area contributed by atoms with Gasteiger partial charge in [-0.1, -0.05) is 24.6 Å². The molecule has 0 saturated heterocycles. The zero-order valence-electron chi connectivity index (χ0n) is 16.3. The minimum absolute atomic E-state index is 0.106. The van der Waals surface area contributed by atoms with Crippen LogP contribution in [0.4, 0.5) is 0 Å². The van der Waals surface area contributed by atoms with Crippen molar-refractivity contribution in [2.75, 3.05) is 28.1 Å². The van der Waals surface area contributed by atoms with Crippen molar-refractivity contribution in [3.05, 3.63) is 46.5 Å². The van der Waals surface area contributed by atoms with Crippen LogP contribution in [0.1, 0.15) is 36.5 Å². The van der Waals surface area contributed by atoms with Crippen molar-refractivity contribution in [1.82, 2.24) is 0 Å². The Hall–Kier alpha value is -2.82. The first-order chi connectivity index (χ1) is 13.1. The second-order valence-electron chi connectivity index (χ2n) is 6.92. The number of rotatable bonds is 4. The van der Waals surface area contributed by atoms with Crippen molar-refractivity contribution in [3.63, 3.8) is 0 Å².